The molecule has 0 amide bonds. The van der Waals surface area contributed by atoms with E-state index in [1.54, 1.807) is 0 Å². The lowest BCUT2D eigenvalue weighted by Gasteiger charge is -2.45. The summed E-state index contributed by atoms with van der Waals surface area (Å²) < 4.78 is 2.73. The Morgan fingerprint density at radius 3 is 1.18 bits per heavy atom. The third-order valence-corrected chi connectivity index (χ3v) is 22.8. The average molecular weight is 1270 g/mol. The van der Waals surface area contributed by atoms with Crippen LogP contribution < -0.4 is 73.1 Å². The minimum Gasteiger partial charge on any atom is -0.315 e. The maximum absolute atomic E-state index is 2.73. The fourth-order valence-corrected chi connectivity index (χ4v) is 19.2. The van der Waals surface area contributed by atoms with E-state index in [1.807, 2.05) is 0 Å². The molecular formula is C90H58B3N7. The van der Waals surface area contributed by atoms with Crippen molar-refractivity contribution in [3.8, 4) is 0 Å². The highest BCUT2D eigenvalue weighted by Crippen LogP contribution is 2.55. The van der Waals surface area contributed by atoms with Crippen LogP contribution in [0.2, 0.25) is 0 Å². The molecule has 0 atom stereocenters. The SMILES string of the molecule is C1=CC2=C(CC1)N(c1ccccc1)c1cccc3c1B2c1c(ccc2c1c1cc4c(c5c6cc7c(cc6n2c15)B1c2ccccc2N(c2ccccc2)c2cccc(c21)N7c1ccccc1)N(c1ccccc1)c1cccc2c1B4c1ccccc1N2c1ccccc1)N3c1ccccc1. The molecule has 8 heterocycles. The Hall–Kier alpha value is -12.6. The molecule has 2 aromatic heterocycles. The van der Waals surface area contributed by atoms with E-state index in [0.29, 0.717) is 0 Å². The van der Waals surface area contributed by atoms with Crippen molar-refractivity contribution in [1.29, 1.82) is 0 Å². The van der Waals surface area contributed by atoms with Gasteiger partial charge in [0.25, 0.3) is 20.1 Å². The molecule has 0 bridgehead atoms. The van der Waals surface area contributed by atoms with Crippen molar-refractivity contribution >= 4 is 199 Å². The average Bonchev–Trinajstić information content (AvgIpc) is 1.37. The molecule has 0 spiro atoms. The van der Waals surface area contributed by atoms with Crippen molar-refractivity contribution in [2.75, 3.05) is 29.4 Å². The molecule has 6 aliphatic heterocycles. The number of rotatable bonds is 6. The summed E-state index contributed by atoms with van der Waals surface area (Å²) in [5.74, 6) is 0. The predicted octanol–water partition coefficient (Wildman–Crippen LogP) is 17.7. The van der Waals surface area contributed by atoms with Crippen molar-refractivity contribution in [2.24, 2.45) is 0 Å². The number of fused-ring (bicyclic) bond motifs is 19. The summed E-state index contributed by atoms with van der Waals surface area (Å²) >= 11 is 0. The van der Waals surface area contributed by atoms with Gasteiger partial charge in [-0.05, 0) is 208 Å². The van der Waals surface area contributed by atoms with Crippen LogP contribution in [0.25, 0.3) is 38.1 Å². The fourth-order valence-electron chi connectivity index (χ4n) is 19.2. The first-order chi connectivity index (χ1) is 49.7. The normalized spacial score (nSPS) is 14.9. The van der Waals surface area contributed by atoms with Crippen molar-refractivity contribution in [1.82, 2.24) is 4.40 Å². The topological polar surface area (TPSA) is 23.9 Å². The number of hydrogen-bond donors (Lipinski definition) is 0. The Morgan fingerprint density at radius 2 is 0.660 bits per heavy atom. The second-order valence-corrected chi connectivity index (χ2v) is 27.7. The second kappa shape index (κ2) is 20.5. The van der Waals surface area contributed by atoms with E-state index in [1.165, 1.54) is 161 Å². The zero-order valence-electron chi connectivity index (χ0n) is 54.5. The molecule has 7 nitrogen and oxygen atoms in total. The van der Waals surface area contributed by atoms with Gasteiger partial charge in [-0.1, -0.05) is 182 Å². The van der Waals surface area contributed by atoms with Gasteiger partial charge in [0.05, 0.1) is 22.2 Å². The summed E-state index contributed by atoms with van der Waals surface area (Å²) in [5, 5.41) is 5.03. The largest absolute Gasteiger partial charge is 0.315 e. The molecule has 14 aromatic carbocycles. The van der Waals surface area contributed by atoms with E-state index >= 15 is 0 Å². The summed E-state index contributed by atoms with van der Waals surface area (Å²) in [6.07, 6.45) is 6.85. The molecule has 0 radical (unpaired) electrons. The highest BCUT2D eigenvalue weighted by molar-refractivity contribution is 7.02. The minimum absolute atomic E-state index is 0.0963. The second-order valence-electron chi connectivity index (χ2n) is 27.7. The van der Waals surface area contributed by atoms with Gasteiger partial charge < -0.3 is 33.8 Å². The molecule has 0 N–H and O–H groups in total. The third-order valence-electron chi connectivity index (χ3n) is 22.8. The summed E-state index contributed by atoms with van der Waals surface area (Å²) in [5.41, 5.74) is 36.8. The van der Waals surface area contributed by atoms with E-state index in [9.17, 15) is 0 Å². The lowest BCUT2D eigenvalue weighted by molar-refractivity contribution is 0.908. The molecule has 10 heteroatoms. The first-order valence-corrected chi connectivity index (χ1v) is 35.2. The molecule has 0 saturated heterocycles. The van der Waals surface area contributed by atoms with Crippen LogP contribution in [0, 0.1) is 0 Å². The number of benzene rings is 14. The molecule has 100 heavy (non-hydrogen) atoms. The molecule has 7 aliphatic rings. The van der Waals surface area contributed by atoms with Gasteiger partial charge in [-0.3, -0.25) is 0 Å². The Kier molecular flexibility index (Phi) is 11.1. The predicted molar refractivity (Wildman–Crippen MR) is 423 cm³/mol. The number of anilines is 17. The van der Waals surface area contributed by atoms with Gasteiger partial charge in [0.15, 0.2) is 0 Å². The first kappa shape index (κ1) is 54.5. The number of para-hydroxylation sites is 8. The standard InChI is InChI=1S/C90H58B3N7/c1-7-28-57(29-8-1)94-70-43-22-19-40-65(70)91-68-56-81-63(55-82(68)98(61-36-15-5-16-37-61)76-48-25-46-74(94)85(76)91)84-89-64(54-69-90(84)99(62-38-17-6-18-39-62)79-51-27-47-75-86(79)92(69)66-41-20-23-44-71(66)95(75)58-30-9-2-10-31-58)83-73(100(81)89)52-53-80-88(83)93-67-42-21-24-45-72(67)96(59-32-11-3-12-33-59)77-49-26-50-78(87(77)93)97(80)60-34-13-4-14-35-60/h1-23,25-44,46-56H,24,45H2. The van der Waals surface area contributed by atoms with Crippen molar-refractivity contribution in [3.63, 3.8) is 0 Å². The molecule has 462 valence electrons. The Labute approximate surface area is 580 Å². The zero-order valence-corrected chi connectivity index (χ0v) is 54.5. The van der Waals surface area contributed by atoms with Crippen LogP contribution in [-0.4, -0.2) is 24.5 Å². The first-order valence-electron chi connectivity index (χ1n) is 35.2. The molecule has 23 rings (SSSR count). The Balaban J connectivity index is 0.907. The smallest absolute Gasteiger partial charge is 0.252 e. The quantitative estimate of drug-likeness (QED) is 0.154. The fraction of sp³-hybridized carbons (Fsp3) is 0.0222. The number of allylic oxidation sites excluding steroid dienone is 4. The minimum atomic E-state index is -0.146. The Bertz CT molecular complexity index is 6220. The van der Waals surface area contributed by atoms with E-state index in [4.69, 9.17) is 0 Å². The molecule has 0 saturated carbocycles. The summed E-state index contributed by atoms with van der Waals surface area (Å²) in [4.78, 5) is 15.4. The summed E-state index contributed by atoms with van der Waals surface area (Å²) in [7, 11) is 0. The molecule has 0 fully saturated rings. The van der Waals surface area contributed by atoms with Crippen LogP contribution in [0.15, 0.2) is 339 Å². The van der Waals surface area contributed by atoms with E-state index in [-0.39, 0.29) is 20.1 Å². The van der Waals surface area contributed by atoms with Gasteiger partial charge in [0, 0.05) is 118 Å². The van der Waals surface area contributed by atoms with Gasteiger partial charge in [0.2, 0.25) is 0 Å². The van der Waals surface area contributed by atoms with Crippen LogP contribution in [0.4, 0.5) is 96.7 Å². The summed E-state index contributed by atoms with van der Waals surface area (Å²) in [6, 6.07) is 119. The zero-order chi connectivity index (χ0) is 65.0. The van der Waals surface area contributed by atoms with Crippen LogP contribution in [0.1, 0.15) is 12.8 Å². The molecule has 0 unspecified atom stereocenters. The maximum atomic E-state index is 2.73. The van der Waals surface area contributed by atoms with Crippen molar-refractivity contribution < 1.29 is 0 Å². The van der Waals surface area contributed by atoms with Crippen molar-refractivity contribution in [3.05, 3.63) is 339 Å². The highest BCUT2D eigenvalue weighted by atomic mass is 15.2. The van der Waals surface area contributed by atoms with Gasteiger partial charge in [-0.15, -0.1) is 0 Å². The molecular weight excluding hydrogens is 1210 g/mol. The third kappa shape index (κ3) is 7.15. The Morgan fingerprint density at radius 1 is 0.260 bits per heavy atom. The van der Waals surface area contributed by atoms with E-state index < -0.39 is 0 Å². The van der Waals surface area contributed by atoms with E-state index in [0.717, 1.165) is 41.3 Å². The summed E-state index contributed by atoms with van der Waals surface area (Å²) in [6.45, 7) is -0.343. The lowest BCUT2D eigenvalue weighted by Crippen LogP contribution is -2.61. The number of hydrogen-bond acceptors (Lipinski definition) is 6. The van der Waals surface area contributed by atoms with Crippen LogP contribution in [0.5, 0.6) is 0 Å². The van der Waals surface area contributed by atoms with Crippen LogP contribution >= 0.6 is 0 Å². The molecule has 1 aliphatic carbocycles. The molecule has 16 aromatic rings. The van der Waals surface area contributed by atoms with Crippen LogP contribution in [0.3, 0.4) is 0 Å². The van der Waals surface area contributed by atoms with E-state index in [2.05, 4.69) is 361 Å². The maximum Gasteiger partial charge on any atom is 0.252 e. The number of aromatic nitrogens is 1. The van der Waals surface area contributed by atoms with Gasteiger partial charge in [-0.25, -0.2) is 0 Å². The van der Waals surface area contributed by atoms with Gasteiger partial charge in [0.1, 0.15) is 0 Å². The van der Waals surface area contributed by atoms with Gasteiger partial charge >= 0.3 is 0 Å². The monoisotopic (exact) mass is 1270 g/mol. The van der Waals surface area contributed by atoms with Gasteiger partial charge in [-0.2, -0.15) is 0 Å². The lowest BCUT2D eigenvalue weighted by atomic mass is 9.32. The number of nitrogens with zero attached hydrogens (tertiary/aromatic N) is 7. The van der Waals surface area contributed by atoms with Crippen LogP contribution in [-0.2, 0) is 0 Å². The highest BCUT2D eigenvalue weighted by Gasteiger charge is 2.50. The van der Waals surface area contributed by atoms with Crippen molar-refractivity contribution in [2.45, 2.75) is 12.8 Å².